The molecule has 3 aromatic heterocycles. The molecule has 35 heavy (non-hydrogen) atoms. The lowest BCUT2D eigenvalue weighted by Crippen LogP contribution is -2.19. The molecule has 0 aromatic carbocycles. The van der Waals surface area contributed by atoms with E-state index < -0.39 is 22.7 Å². The second-order valence-electron chi connectivity index (χ2n) is 7.92. The molecule has 3 aromatic rings. The second-order valence-corrected chi connectivity index (χ2v) is 9.39. The molecule has 0 fully saturated rings. The fourth-order valence-electron chi connectivity index (χ4n) is 3.12. The molecule has 1 atom stereocenters. The predicted octanol–water partition coefficient (Wildman–Crippen LogP) is 4.27. The number of nitrogens with zero attached hydrogens (tertiary/aromatic N) is 5. The van der Waals surface area contributed by atoms with Crippen molar-refractivity contribution in [1.82, 2.24) is 24.8 Å². The minimum atomic E-state index is -4.69. The number of halogens is 4. The zero-order valence-electron chi connectivity index (χ0n) is 18.9. The fraction of sp³-hybridized carbons (Fsp3) is 0.333. The van der Waals surface area contributed by atoms with Crippen molar-refractivity contribution in [2.24, 2.45) is 0 Å². The maximum Gasteiger partial charge on any atom is 0.418 e. The molecule has 186 valence electrons. The summed E-state index contributed by atoms with van der Waals surface area (Å²) < 4.78 is 39.1. The van der Waals surface area contributed by atoms with E-state index in [4.69, 9.17) is 17.3 Å². The van der Waals surface area contributed by atoms with Gasteiger partial charge in [-0.25, -0.2) is 19.9 Å². The van der Waals surface area contributed by atoms with E-state index in [1.165, 1.54) is 12.5 Å². The van der Waals surface area contributed by atoms with Gasteiger partial charge in [0.15, 0.2) is 5.78 Å². The number of amides is 1. The maximum atomic E-state index is 13.0. The number of pyridine rings is 1. The van der Waals surface area contributed by atoms with Crippen molar-refractivity contribution in [3.05, 3.63) is 56.5 Å². The number of nitrogens with one attached hydrogen (secondary N) is 1. The summed E-state index contributed by atoms with van der Waals surface area (Å²) in [5.74, 6) is -1.38. The minimum Gasteiger partial charge on any atom is -0.383 e. The average Bonchev–Trinajstić information content (AvgIpc) is 3.26. The van der Waals surface area contributed by atoms with Crippen LogP contribution in [0.2, 0.25) is 5.02 Å². The van der Waals surface area contributed by atoms with Crippen LogP contribution in [0, 0.1) is 0 Å². The van der Waals surface area contributed by atoms with E-state index >= 15 is 0 Å². The van der Waals surface area contributed by atoms with Crippen LogP contribution in [-0.2, 0) is 12.7 Å². The summed E-state index contributed by atoms with van der Waals surface area (Å²) in [5, 5.41) is 2.23. The van der Waals surface area contributed by atoms with Crippen molar-refractivity contribution in [2.45, 2.75) is 32.0 Å². The van der Waals surface area contributed by atoms with Crippen LogP contribution >= 0.6 is 22.9 Å². The number of Topliss-reactive ketones (excluding diaryl/α,β-unsaturated/α-hetero) is 1. The topological polar surface area (TPSA) is 127 Å². The number of thiazole rings is 1. The molecule has 3 heterocycles. The normalized spacial score (nSPS) is 12.6. The smallest absolute Gasteiger partial charge is 0.383 e. The number of ketones is 1. The van der Waals surface area contributed by atoms with Gasteiger partial charge in [-0.15, -0.1) is 11.3 Å². The third-order valence-electron chi connectivity index (χ3n) is 4.78. The summed E-state index contributed by atoms with van der Waals surface area (Å²) in [4.78, 5) is 43.4. The first-order valence-electron chi connectivity index (χ1n) is 10.1. The number of aromatic nitrogens is 4. The van der Waals surface area contributed by atoms with E-state index in [1.807, 2.05) is 19.0 Å². The summed E-state index contributed by atoms with van der Waals surface area (Å²) in [5.41, 5.74) is 5.57. The average molecular weight is 528 g/mol. The van der Waals surface area contributed by atoms with Crippen LogP contribution in [0.4, 0.5) is 24.8 Å². The molecule has 0 aliphatic rings. The summed E-state index contributed by atoms with van der Waals surface area (Å²) in [6.45, 7) is 2.16. The van der Waals surface area contributed by atoms with Gasteiger partial charge in [0.2, 0.25) is 0 Å². The highest BCUT2D eigenvalue weighted by Gasteiger charge is 2.34. The van der Waals surface area contributed by atoms with E-state index in [1.54, 1.807) is 6.92 Å². The number of hydrogen-bond acceptors (Lipinski definition) is 9. The van der Waals surface area contributed by atoms with Crippen LogP contribution in [0.3, 0.4) is 0 Å². The number of carbonyl (C=O) groups is 2. The number of alkyl halides is 3. The Morgan fingerprint density at radius 1 is 1.20 bits per heavy atom. The van der Waals surface area contributed by atoms with Gasteiger partial charge in [0.25, 0.3) is 5.91 Å². The number of anilines is 2. The van der Waals surface area contributed by atoms with Gasteiger partial charge in [-0.2, -0.15) is 13.2 Å². The molecule has 3 N–H and O–H groups in total. The largest absolute Gasteiger partial charge is 0.418 e. The lowest BCUT2D eigenvalue weighted by Gasteiger charge is -2.15. The van der Waals surface area contributed by atoms with Crippen LogP contribution in [0.15, 0.2) is 24.8 Å². The Labute approximate surface area is 207 Å². The SMILES string of the molecule is C[C@@H](CC(=O)c1ncnc(N)c1CN(C)C)c1ncc(C(=O)Nc2cc(C(F)(F)F)c(Cl)cn2)s1. The first-order chi connectivity index (χ1) is 16.4. The molecule has 0 spiro atoms. The van der Waals surface area contributed by atoms with Gasteiger partial charge in [-0.05, 0) is 20.2 Å². The molecule has 0 bridgehead atoms. The molecule has 0 radical (unpaired) electrons. The second kappa shape index (κ2) is 10.6. The lowest BCUT2D eigenvalue weighted by molar-refractivity contribution is -0.137. The van der Waals surface area contributed by atoms with Crippen molar-refractivity contribution in [1.29, 1.82) is 0 Å². The Morgan fingerprint density at radius 3 is 2.57 bits per heavy atom. The van der Waals surface area contributed by atoms with Crippen LogP contribution in [0.1, 0.15) is 55.6 Å². The van der Waals surface area contributed by atoms with Crippen molar-refractivity contribution in [3.63, 3.8) is 0 Å². The molecule has 0 aliphatic carbocycles. The third kappa shape index (κ3) is 6.50. The van der Waals surface area contributed by atoms with Crippen LogP contribution in [0.25, 0.3) is 0 Å². The molecule has 0 aliphatic heterocycles. The summed E-state index contributed by atoms with van der Waals surface area (Å²) in [6, 6.07) is 0.655. The van der Waals surface area contributed by atoms with Gasteiger partial charge < -0.3 is 16.0 Å². The zero-order valence-corrected chi connectivity index (χ0v) is 20.4. The highest BCUT2D eigenvalue weighted by Crippen LogP contribution is 2.35. The third-order valence-corrected chi connectivity index (χ3v) is 6.31. The number of nitrogens with two attached hydrogens (primary N) is 1. The quantitative estimate of drug-likeness (QED) is 0.416. The monoisotopic (exact) mass is 527 g/mol. The van der Waals surface area contributed by atoms with E-state index in [0.29, 0.717) is 23.2 Å². The van der Waals surface area contributed by atoms with Crippen molar-refractivity contribution >= 4 is 46.3 Å². The number of nitrogen functional groups attached to an aromatic ring is 1. The summed E-state index contributed by atoms with van der Waals surface area (Å²) in [7, 11) is 3.66. The molecular weight excluding hydrogens is 507 g/mol. The molecule has 3 rings (SSSR count). The van der Waals surface area contributed by atoms with Gasteiger partial charge in [-0.1, -0.05) is 18.5 Å². The van der Waals surface area contributed by atoms with E-state index in [9.17, 15) is 22.8 Å². The lowest BCUT2D eigenvalue weighted by atomic mass is 10.0. The summed E-state index contributed by atoms with van der Waals surface area (Å²) >= 11 is 6.57. The molecule has 14 heteroatoms. The first kappa shape index (κ1) is 26.4. The molecule has 1 amide bonds. The first-order valence-corrected chi connectivity index (χ1v) is 11.3. The number of rotatable bonds is 8. The Bertz CT molecular complexity index is 1250. The van der Waals surface area contributed by atoms with E-state index in [2.05, 4.69) is 25.3 Å². The predicted molar refractivity (Wildman–Crippen MR) is 126 cm³/mol. The number of carbonyl (C=O) groups excluding carboxylic acids is 2. The Morgan fingerprint density at radius 2 is 1.91 bits per heavy atom. The molecule has 9 nitrogen and oxygen atoms in total. The zero-order chi connectivity index (χ0) is 25.9. The Hall–Kier alpha value is -3.16. The Kier molecular flexibility index (Phi) is 8.03. The maximum absolute atomic E-state index is 13.0. The van der Waals surface area contributed by atoms with Crippen molar-refractivity contribution in [3.8, 4) is 0 Å². The van der Waals surface area contributed by atoms with Crippen molar-refractivity contribution in [2.75, 3.05) is 25.1 Å². The molecular formula is C21H21ClF3N7O2S. The standard InChI is InChI=1S/C21H21ClF3N7O2S/c1-10(4-14(33)17-11(8-32(2)3)18(26)30-9-29-17)20-28-7-15(35-20)19(34)31-16-5-12(21(23,24)25)13(22)6-27-16/h5-7,9-10H,4,8H2,1-3H3,(H2,26,29,30)(H,27,31,34)/t10-/m0/s1. The van der Waals surface area contributed by atoms with Gasteiger partial charge in [0.1, 0.15) is 28.5 Å². The number of hydrogen-bond donors (Lipinski definition) is 2. The van der Waals surface area contributed by atoms with E-state index in [-0.39, 0.29) is 40.3 Å². The van der Waals surface area contributed by atoms with Gasteiger partial charge >= 0.3 is 6.18 Å². The van der Waals surface area contributed by atoms with Gasteiger partial charge in [0, 0.05) is 30.6 Å². The summed E-state index contributed by atoms with van der Waals surface area (Å²) in [6.07, 6.45) is -1.31. The van der Waals surface area contributed by atoms with E-state index in [0.717, 1.165) is 17.5 Å². The highest BCUT2D eigenvalue weighted by molar-refractivity contribution is 7.13. The van der Waals surface area contributed by atoms with Crippen LogP contribution < -0.4 is 11.1 Å². The minimum absolute atomic E-state index is 0.0547. The van der Waals surface area contributed by atoms with Crippen molar-refractivity contribution < 1.29 is 22.8 Å². The molecule has 0 unspecified atom stereocenters. The fourth-order valence-corrected chi connectivity index (χ4v) is 4.20. The van der Waals surface area contributed by atoms with Crippen LogP contribution in [0.5, 0.6) is 0 Å². The Balaban J connectivity index is 1.72. The van der Waals surface area contributed by atoms with Gasteiger partial charge in [-0.3, -0.25) is 9.59 Å². The highest BCUT2D eigenvalue weighted by atomic mass is 35.5. The van der Waals surface area contributed by atoms with Crippen LogP contribution in [-0.4, -0.2) is 50.6 Å². The molecule has 0 saturated carbocycles. The molecule has 0 saturated heterocycles. The van der Waals surface area contributed by atoms with Gasteiger partial charge in [0.05, 0.1) is 21.8 Å².